The van der Waals surface area contributed by atoms with Crippen LogP contribution >= 0.6 is 15.9 Å². The Morgan fingerprint density at radius 1 is 1.44 bits per heavy atom. The zero-order valence-corrected chi connectivity index (χ0v) is 17.1. The summed E-state index contributed by atoms with van der Waals surface area (Å²) < 4.78 is 13.8. The maximum atomic E-state index is 12.2. The summed E-state index contributed by atoms with van der Waals surface area (Å²) in [5.41, 5.74) is 1.26. The summed E-state index contributed by atoms with van der Waals surface area (Å²) in [5, 5.41) is 0. The number of nitrogens with zero attached hydrogens (tertiary/aromatic N) is 4. The molecule has 0 saturated carbocycles. The number of carbonyl (C=O) groups excluding carboxylic acids is 1. The molecular formula is C17H25BrN4O3. The van der Waals surface area contributed by atoms with Crippen molar-refractivity contribution in [1.82, 2.24) is 19.4 Å². The summed E-state index contributed by atoms with van der Waals surface area (Å²) in [6.07, 6.45) is 1.14. The number of aryl methyl sites for hydroxylation is 1. The smallest absolute Gasteiger partial charge is 0.410 e. The van der Waals surface area contributed by atoms with Crippen LogP contribution in [-0.4, -0.2) is 57.9 Å². The summed E-state index contributed by atoms with van der Waals surface area (Å²) in [6.45, 7) is 8.43. The van der Waals surface area contributed by atoms with E-state index in [-0.39, 0.29) is 12.2 Å². The highest BCUT2D eigenvalue weighted by Crippen LogP contribution is 2.23. The van der Waals surface area contributed by atoms with E-state index >= 15 is 0 Å². The Morgan fingerprint density at radius 3 is 2.72 bits per heavy atom. The number of aromatic nitrogens is 3. The molecule has 0 spiro atoms. The molecule has 2 rings (SSSR count). The second-order valence-electron chi connectivity index (χ2n) is 6.96. The number of carbonyl (C=O) groups is 1. The lowest BCUT2D eigenvalue weighted by Crippen LogP contribution is -2.40. The molecule has 8 heteroatoms. The van der Waals surface area contributed by atoms with Crippen LogP contribution in [0.3, 0.4) is 0 Å². The number of hydrogen-bond donors (Lipinski definition) is 0. The van der Waals surface area contributed by atoms with Crippen LogP contribution in [0.15, 0.2) is 16.9 Å². The van der Waals surface area contributed by atoms with Gasteiger partial charge in [0.2, 0.25) is 0 Å². The second kappa shape index (κ2) is 7.70. The van der Waals surface area contributed by atoms with Gasteiger partial charge in [0.05, 0.1) is 24.7 Å². The summed E-state index contributed by atoms with van der Waals surface area (Å²) in [4.78, 5) is 22.5. The van der Waals surface area contributed by atoms with E-state index in [2.05, 4.69) is 25.9 Å². The second-order valence-corrected chi connectivity index (χ2v) is 7.71. The largest absolute Gasteiger partial charge is 0.444 e. The molecule has 25 heavy (non-hydrogen) atoms. The van der Waals surface area contributed by atoms with Gasteiger partial charge in [-0.3, -0.25) is 0 Å². The molecule has 2 aromatic heterocycles. The molecule has 0 saturated heterocycles. The molecule has 0 aliphatic rings. The minimum absolute atomic E-state index is 0.208. The van der Waals surface area contributed by atoms with Crippen LogP contribution in [0, 0.1) is 6.92 Å². The Balaban J connectivity index is 2.15. The highest BCUT2D eigenvalue weighted by Gasteiger charge is 2.23. The van der Waals surface area contributed by atoms with Gasteiger partial charge in [0.1, 0.15) is 21.5 Å². The molecule has 2 heterocycles. The molecule has 7 nitrogen and oxygen atoms in total. The fourth-order valence-electron chi connectivity index (χ4n) is 2.51. The Hall–Kier alpha value is -1.67. The number of hydrogen-bond acceptors (Lipinski definition) is 5. The Kier molecular flexibility index (Phi) is 6.05. The highest BCUT2D eigenvalue weighted by molar-refractivity contribution is 9.10. The molecule has 0 unspecified atom stereocenters. The van der Waals surface area contributed by atoms with Gasteiger partial charge in [-0.25, -0.2) is 14.8 Å². The average Bonchev–Trinajstić information content (AvgIpc) is 2.81. The lowest BCUT2D eigenvalue weighted by atomic mass is 10.2. The van der Waals surface area contributed by atoms with Crippen molar-refractivity contribution in [2.24, 2.45) is 0 Å². The van der Waals surface area contributed by atoms with Gasteiger partial charge in [-0.2, -0.15) is 0 Å². The van der Waals surface area contributed by atoms with Crippen LogP contribution < -0.4 is 0 Å². The van der Waals surface area contributed by atoms with Crippen LogP contribution in [0.2, 0.25) is 0 Å². The number of rotatable bonds is 5. The first-order valence-electron chi connectivity index (χ1n) is 8.06. The van der Waals surface area contributed by atoms with Crippen molar-refractivity contribution in [1.29, 1.82) is 0 Å². The van der Waals surface area contributed by atoms with Gasteiger partial charge in [-0.05, 0) is 49.7 Å². The number of fused-ring (bicyclic) bond motifs is 1. The fraction of sp³-hybridized carbons (Fsp3) is 0.588. The minimum atomic E-state index is -0.526. The maximum Gasteiger partial charge on any atom is 0.410 e. The van der Waals surface area contributed by atoms with Crippen molar-refractivity contribution < 1.29 is 14.3 Å². The number of halogens is 1. The molecule has 0 N–H and O–H groups in total. The third-order valence-corrected chi connectivity index (χ3v) is 4.28. The van der Waals surface area contributed by atoms with Gasteiger partial charge in [0.15, 0.2) is 0 Å². The molecule has 0 radical (unpaired) electrons. The Bertz CT molecular complexity index is 754. The lowest BCUT2D eigenvalue weighted by molar-refractivity contribution is 0.0116. The van der Waals surface area contributed by atoms with Gasteiger partial charge in [-0.15, -0.1) is 0 Å². The molecule has 0 fully saturated rings. The normalized spacial score (nSPS) is 13.1. The highest BCUT2D eigenvalue weighted by atomic mass is 79.9. The molecule has 138 valence electrons. The lowest BCUT2D eigenvalue weighted by Gasteiger charge is -2.27. The van der Waals surface area contributed by atoms with Crippen molar-refractivity contribution in [2.75, 3.05) is 20.7 Å². The van der Waals surface area contributed by atoms with Crippen LogP contribution in [0.5, 0.6) is 0 Å². The third kappa shape index (κ3) is 4.92. The zero-order valence-electron chi connectivity index (χ0n) is 15.5. The van der Waals surface area contributed by atoms with Gasteiger partial charge in [-0.1, -0.05) is 0 Å². The summed E-state index contributed by atoms with van der Waals surface area (Å²) in [7, 11) is 3.34. The summed E-state index contributed by atoms with van der Waals surface area (Å²) in [5.74, 6) is 0.866. The van der Waals surface area contributed by atoms with E-state index in [0.717, 1.165) is 21.5 Å². The standard InChI is InChI=1S/C17H25BrN4O3/c1-11-20-13-7-8-19-15(18)14(13)22(11)10-12(24-6)9-21(5)16(23)25-17(2,3)4/h7-8,12H,9-10H2,1-6H3/t12-/m0/s1. The quantitative estimate of drug-likeness (QED) is 0.703. The van der Waals surface area contributed by atoms with Gasteiger partial charge in [0.25, 0.3) is 0 Å². The van der Waals surface area contributed by atoms with Crippen molar-refractivity contribution in [3.05, 3.63) is 22.7 Å². The fourth-order valence-corrected chi connectivity index (χ4v) is 3.04. The number of likely N-dealkylation sites (N-methyl/N-ethyl adjacent to an activating group) is 1. The first kappa shape index (κ1) is 19.7. The van der Waals surface area contributed by atoms with E-state index in [1.807, 2.05) is 38.3 Å². The van der Waals surface area contributed by atoms with Gasteiger partial charge >= 0.3 is 6.09 Å². The van der Waals surface area contributed by atoms with E-state index in [1.54, 1.807) is 20.4 Å². The predicted octanol–water partition coefficient (Wildman–Crippen LogP) is 3.38. The van der Waals surface area contributed by atoms with Crippen molar-refractivity contribution in [2.45, 2.75) is 45.9 Å². The molecule has 2 aromatic rings. The van der Waals surface area contributed by atoms with Crippen LogP contribution in [-0.2, 0) is 16.0 Å². The van der Waals surface area contributed by atoms with Crippen LogP contribution in [0.25, 0.3) is 11.0 Å². The number of amides is 1. The Morgan fingerprint density at radius 2 is 2.12 bits per heavy atom. The number of imidazole rings is 1. The van der Waals surface area contributed by atoms with Crippen molar-refractivity contribution >= 4 is 33.1 Å². The van der Waals surface area contributed by atoms with E-state index in [9.17, 15) is 4.79 Å². The Labute approximate surface area is 156 Å². The number of methoxy groups -OCH3 is 1. The zero-order chi connectivity index (χ0) is 18.8. The average molecular weight is 413 g/mol. The molecule has 1 atom stereocenters. The van der Waals surface area contributed by atoms with Crippen molar-refractivity contribution in [3.8, 4) is 0 Å². The molecule has 0 aromatic carbocycles. The number of ether oxygens (including phenoxy) is 2. The van der Waals surface area contributed by atoms with Gasteiger partial charge in [0, 0.05) is 20.4 Å². The van der Waals surface area contributed by atoms with Crippen molar-refractivity contribution in [3.63, 3.8) is 0 Å². The molecule has 0 aliphatic carbocycles. The van der Waals surface area contributed by atoms with E-state index in [1.165, 1.54) is 4.90 Å². The van der Waals surface area contributed by atoms with E-state index in [0.29, 0.717) is 13.1 Å². The topological polar surface area (TPSA) is 69.5 Å². The molecular weight excluding hydrogens is 388 g/mol. The van der Waals surface area contributed by atoms with Gasteiger partial charge < -0.3 is 18.9 Å². The number of pyridine rings is 1. The maximum absolute atomic E-state index is 12.2. The SMILES string of the molecule is CO[C@@H](CN(C)C(=O)OC(C)(C)C)Cn1c(C)nc2ccnc(Br)c21. The summed E-state index contributed by atoms with van der Waals surface area (Å²) >= 11 is 3.48. The van der Waals surface area contributed by atoms with E-state index < -0.39 is 5.60 Å². The third-order valence-electron chi connectivity index (χ3n) is 3.70. The molecule has 0 bridgehead atoms. The minimum Gasteiger partial charge on any atom is -0.444 e. The molecule has 0 aliphatic heterocycles. The first-order chi connectivity index (χ1) is 11.6. The predicted molar refractivity (Wildman–Crippen MR) is 99.6 cm³/mol. The van der Waals surface area contributed by atoms with E-state index in [4.69, 9.17) is 9.47 Å². The molecule has 1 amide bonds. The van der Waals surface area contributed by atoms with Crippen LogP contribution in [0.4, 0.5) is 4.79 Å². The van der Waals surface area contributed by atoms with Crippen LogP contribution in [0.1, 0.15) is 26.6 Å². The summed E-state index contributed by atoms with van der Waals surface area (Å²) in [6, 6.07) is 1.87. The first-order valence-corrected chi connectivity index (χ1v) is 8.86. The monoisotopic (exact) mass is 412 g/mol.